The second kappa shape index (κ2) is 7.66. The van der Waals surface area contributed by atoms with Crippen LogP contribution in [0.5, 0.6) is 5.75 Å². The minimum Gasteiger partial charge on any atom is -0.497 e. The molecule has 0 aliphatic carbocycles. The van der Waals surface area contributed by atoms with Crippen molar-refractivity contribution in [2.45, 2.75) is 6.17 Å². The number of carbonyl (C=O) groups excluding carboxylic acids is 1. The molecule has 1 aliphatic rings. The Morgan fingerprint density at radius 2 is 1.89 bits per heavy atom. The van der Waals surface area contributed by atoms with Crippen molar-refractivity contribution in [3.8, 4) is 5.75 Å². The van der Waals surface area contributed by atoms with Gasteiger partial charge in [-0.05, 0) is 42.5 Å². The summed E-state index contributed by atoms with van der Waals surface area (Å²) in [5.41, 5.74) is 2.75. The van der Waals surface area contributed by atoms with Crippen LogP contribution in [0.1, 0.15) is 22.1 Å². The monoisotopic (exact) mass is 476 g/mol. The third-order valence-electron chi connectivity index (χ3n) is 4.57. The molecule has 28 heavy (non-hydrogen) atoms. The predicted octanol–water partition coefficient (Wildman–Crippen LogP) is 6.54. The van der Waals surface area contributed by atoms with E-state index in [0.717, 1.165) is 15.7 Å². The lowest BCUT2D eigenvalue weighted by Crippen LogP contribution is -2.43. The number of fused-ring (bicyclic) bond motifs is 1. The molecule has 0 aromatic heterocycles. The molecule has 0 unspecified atom stereocenters. The zero-order chi connectivity index (χ0) is 19.8. The molecule has 1 N–H and O–H groups in total. The molecule has 1 heterocycles. The van der Waals surface area contributed by atoms with Crippen molar-refractivity contribution in [3.05, 3.63) is 86.3 Å². The van der Waals surface area contributed by atoms with Gasteiger partial charge in [-0.1, -0.05) is 51.3 Å². The summed E-state index contributed by atoms with van der Waals surface area (Å²) >= 11 is 16.0. The molecule has 4 nitrogen and oxygen atoms in total. The molecular formula is C21H15BrCl2N2O2. The number of hydrogen-bond donors (Lipinski definition) is 1. The van der Waals surface area contributed by atoms with Gasteiger partial charge in [-0.15, -0.1) is 0 Å². The Hall–Kier alpha value is -2.21. The van der Waals surface area contributed by atoms with E-state index in [9.17, 15) is 4.79 Å². The summed E-state index contributed by atoms with van der Waals surface area (Å²) < 4.78 is 6.17. The highest BCUT2D eigenvalue weighted by Gasteiger charge is 2.35. The predicted molar refractivity (Wildman–Crippen MR) is 117 cm³/mol. The zero-order valence-corrected chi connectivity index (χ0v) is 17.8. The first-order chi connectivity index (χ1) is 13.5. The Morgan fingerprint density at radius 1 is 1.07 bits per heavy atom. The molecule has 0 saturated heterocycles. The molecule has 0 saturated carbocycles. The van der Waals surface area contributed by atoms with Gasteiger partial charge in [0.2, 0.25) is 0 Å². The summed E-state index contributed by atoms with van der Waals surface area (Å²) in [6, 6.07) is 18.2. The molecule has 0 spiro atoms. The fraction of sp³-hybridized carbons (Fsp3) is 0.0952. The Labute approximate surface area is 181 Å². The van der Waals surface area contributed by atoms with E-state index in [0.29, 0.717) is 27.0 Å². The molecule has 3 aromatic rings. The molecule has 1 atom stereocenters. The van der Waals surface area contributed by atoms with Crippen molar-refractivity contribution in [1.29, 1.82) is 0 Å². The van der Waals surface area contributed by atoms with Gasteiger partial charge >= 0.3 is 0 Å². The normalized spacial score (nSPS) is 15.8. The maximum atomic E-state index is 13.5. The number of ether oxygens (including phenoxy) is 1. The van der Waals surface area contributed by atoms with E-state index in [1.54, 1.807) is 30.2 Å². The number of carbonyl (C=O) groups is 1. The van der Waals surface area contributed by atoms with E-state index in [4.69, 9.17) is 27.9 Å². The number of nitrogens with zero attached hydrogens (tertiary/aromatic N) is 1. The van der Waals surface area contributed by atoms with Crippen LogP contribution in [0.3, 0.4) is 0 Å². The van der Waals surface area contributed by atoms with Gasteiger partial charge in [0.05, 0.1) is 18.4 Å². The molecule has 0 radical (unpaired) electrons. The van der Waals surface area contributed by atoms with Gasteiger partial charge in [-0.3, -0.25) is 9.69 Å². The Kier molecular flexibility index (Phi) is 5.23. The molecule has 7 heteroatoms. The van der Waals surface area contributed by atoms with Crippen LogP contribution in [0.2, 0.25) is 10.0 Å². The number of methoxy groups -OCH3 is 1. The van der Waals surface area contributed by atoms with Crippen LogP contribution in [-0.2, 0) is 0 Å². The second-order valence-corrected chi connectivity index (χ2v) is 8.04. The maximum Gasteiger partial charge on any atom is 0.262 e. The largest absolute Gasteiger partial charge is 0.497 e. The number of nitrogens with one attached hydrogen (secondary N) is 1. The first-order valence-electron chi connectivity index (χ1n) is 8.46. The summed E-state index contributed by atoms with van der Waals surface area (Å²) in [4.78, 5) is 15.2. The highest BCUT2D eigenvalue weighted by Crippen LogP contribution is 2.40. The van der Waals surface area contributed by atoms with Crippen molar-refractivity contribution in [1.82, 2.24) is 0 Å². The number of rotatable bonds is 3. The Balaban J connectivity index is 1.90. The van der Waals surface area contributed by atoms with Crippen molar-refractivity contribution in [2.24, 2.45) is 0 Å². The van der Waals surface area contributed by atoms with Crippen molar-refractivity contribution < 1.29 is 9.53 Å². The topological polar surface area (TPSA) is 41.6 Å². The van der Waals surface area contributed by atoms with Crippen molar-refractivity contribution in [2.75, 3.05) is 17.3 Å². The lowest BCUT2D eigenvalue weighted by Gasteiger charge is -2.38. The van der Waals surface area contributed by atoms with Crippen molar-refractivity contribution >= 4 is 56.4 Å². The maximum absolute atomic E-state index is 13.5. The zero-order valence-electron chi connectivity index (χ0n) is 14.7. The fourth-order valence-corrected chi connectivity index (χ4v) is 4.12. The second-order valence-electron chi connectivity index (χ2n) is 6.28. The van der Waals surface area contributed by atoms with Gasteiger partial charge in [-0.2, -0.15) is 0 Å². The molecule has 3 aromatic carbocycles. The van der Waals surface area contributed by atoms with Crippen LogP contribution in [0.15, 0.2) is 65.1 Å². The van der Waals surface area contributed by atoms with Gasteiger partial charge < -0.3 is 10.1 Å². The third-order valence-corrected chi connectivity index (χ3v) is 5.63. The highest BCUT2D eigenvalue weighted by molar-refractivity contribution is 9.10. The van der Waals surface area contributed by atoms with Gasteiger partial charge in [-0.25, -0.2) is 0 Å². The Bertz CT molecular complexity index is 1070. The molecular weight excluding hydrogens is 463 g/mol. The lowest BCUT2D eigenvalue weighted by molar-refractivity contribution is 0.0975. The molecule has 1 amide bonds. The average Bonchev–Trinajstić information content (AvgIpc) is 2.68. The van der Waals surface area contributed by atoms with E-state index < -0.39 is 6.17 Å². The van der Waals surface area contributed by atoms with Gasteiger partial charge in [0.25, 0.3) is 5.91 Å². The first kappa shape index (κ1) is 19.1. The SMILES string of the molecule is COc1cccc(N2C(=O)c3cc(Br)ccc3N[C@@H]2c2ccc(Cl)cc2Cl)c1. The van der Waals surface area contributed by atoms with Gasteiger partial charge in [0.15, 0.2) is 0 Å². The van der Waals surface area contributed by atoms with Gasteiger partial charge in [0.1, 0.15) is 11.9 Å². The molecule has 0 fully saturated rings. The molecule has 0 bridgehead atoms. The fourth-order valence-electron chi connectivity index (χ4n) is 3.24. The van der Waals surface area contributed by atoms with E-state index in [-0.39, 0.29) is 5.91 Å². The number of benzene rings is 3. The first-order valence-corrected chi connectivity index (χ1v) is 10.0. The van der Waals surface area contributed by atoms with Crippen molar-refractivity contribution in [3.63, 3.8) is 0 Å². The number of amides is 1. The van der Waals surface area contributed by atoms with E-state index in [2.05, 4.69) is 21.2 Å². The summed E-state index contributed by atoms with van der Waals surface area (Å²) in [5.74, 6) is 0.519. The van der Waals surface area contributed by atoms with E-state index in [1.807, 2.05) is 42.5 Å². The standard InChI is InChI=1S/C21H15BrCl2N2O2/c1-28-15-4-2-3-14(11-15)26-20(16-7-6-13(23)10-18(16)24)25-19-8-5-12(22)9-17(19)21(26)27/h2-11,20,25H,1H3/t20-/m0/s1. The Morgan fingerprint density at radius 3 is 2.64 bits per heavy atom. The quantitative estimate of drug-likeness (QED) is 0.465. The lowest BCUT2D eigenvalue weighted by atomic mass is 10.0. The van der Waals surface area contributed by atoms with Crippen LogP contribution < -0.4 is 15.0 Å². The van der Waals surface area contributed by atoms with Crippen LogP contribution in [0.4, 0.5) is 11.4 Å². The number of anilines is 2. The summed E-state index contributed by atoms with van der Waals surface area (Å²) in [6.07, 6.45) is -0.502. The molecule has 1 aliphatic heterocycles. The number of halogens is 3. The van der Waals surface area contributed by atoms with E-state index in [1.165, 1.54) is 0 Å². The summed E-state index contributed by atoms with van der Waals surface area (Å²) in [7, 11) is 1.59. The van der Waals surface area contributed by atoms with E-state index >= 15 is 0 Å². The van der Waals surface area contributed by atoms with Crippen LogP contribution in [0, 0.1) is 0 Å². The summed E-state index contributed by atoms with van der Waals surface area (Å²) in [6.45, 7) is 0. The minimum absolute atomic E-state index is 0.140. The van der Waals surface area contributed by atoms with Crippen LogP contribution in [0.25, 0.3) is 0 Å². The third kappa shape index (κ3) is 3.46. The molecule has 142 valence electrons. The van der Waals surface area contributed by atoms with Gasteiger partial charge in [0, 0.05) is 31.8 Å². The average molecular weight is 478 g/mol. The minimum atomic E-state index is -0.502. The van der Waals surface area contributed by atoms with Crippen LogP contribution >= 0.6 is 39.1 Å². The van der Waals surface area contributed by atoms with Crippen LogP contribution in [-0.4, -0.2) is 13.0 Å². The number of hydrogen-bond acceptors (Lipinski definition) is 3. The molecule has 4 rings (SSSR count). The smallest absolute Gasteiger partial charge is 0.262 e. The highest BCUT2D eigenvalue weighted by atomic mass is 79.9. The summed E-state index contributed by atoms with van der Waals surface area (Å²) in [5, 5.41) is 4.45.